The smallest absolute Gasteiger partial charge is 0.265 e. The van der Waals surface area contributed by atoms with Gasteiger partial charge in [-0.2, -0.15) is 0 Å². The van der Waals surface area contributed by atoms with Crippen LogP contribution >= 0.6 is 0 Å². The lowest BCUT2D eigenvalue weighted by Crippen LogP contribution is -2.22. The number of hydrogen-bond acceptors (Lipinski definition) is 5. The summed E-state index contributed by atoms with van der Waals surface area (Å²) >= 11 is 0. The summed E-state index contributed by atoms with van der Waals surface area (Å²) in [5, 5.41) is 0.384. The van der Waals surface area contributed by atoms with Gasteiger partial charge >= 0.3 is 0 Å². The number of rotatable bonds is 5. The highest BCUT2D eigenvalue weighted by atomic mass is 32.2. The number of ketones is 1. The summed E-state index contributed by atoms with van der Waals surface area (Å²) < 4.78 is 43.5. The predicted molar refractivity (Wildman–Crippen MR) is 119 cm³/mol. The summed E-state index contributed by atoms with van der Waals surface area (Å²) in [6.45, 7) is 3.01. The van der Waals surface area contributed by atoms with Crippen molar-refractivity contribution >= 4 is 32.4 Å². The Bertz CT molecular complexity index is 1530. The van der Waals surface area contributed by atoms with E-state index in [1.807, 2.05) is 0 Å². The third-order valence-electron chi connectivity index (χ3n) is 4.97. The first-order chi connectivity index (χ1) is 15.2. The van der Waals surface area contributed by atoms with E-state index in [0.29, 0.717) is 22.3 Å². The van der Waals surface area contributed by atoms with Crippen LogP contribution in [0.5, 0.6) is 0 Å². The minimum absolute atomic E-state index is 0.131. The van der Waals surface area contributed by atoms with E-state index in [-0.39, 0.29) is 27.6 Å². The van der Waals surface area contributed by atoms with Crippen LogP contribution in [0.1, 0.15) is 23.1 Å². The van der Waals surface area contributed by atoms with Gasteiger partial charge in [0, 0.05) is 5.56 Å². The number of sulfonamides is 1. The fourth-order valence-electron chi connectivity index (χ4n) is 3.35. The van der Waals surface area contributed by atoms with E-state index in [2.05, 4.69) is 9.71 Å². The molecule has 0 bridgehead atoms. The molecule has 1 N–H and O–H groups in total. The van der Waals surface area contributed by atoms with Crippen LogP contribution in [-0.2, 0) is 10.0 Å². The molecule has 4 aromatic rings. The molecular formula is C23H18FN3O4S. The van der Waals surface area contributed by atoms with Crippen LogP contribution in [0.15, 0.2) is 76.4 Å². The number of nitrogens with zero attached hydrogens (tertiary/aromatic N) is 2. The molecular weight excluding hydrogens is 433 g/mol. The molecule has 1 aromatic heterocycles. The Kier molecular flexibility index (Phi) is 5.35. The number of halogens is 1. The van der Waals surface area contributed by atoms with Gasteiger partial charge in [0.1, 0.15) is 11.6 Å². The van der Waals surface area contributed by atoms with Crippen LogP contribution in [-0.4, -0.2) is 23.8 Å². The van der Waals surface area contributed by atoms with Crippen molar-refractivity contribution in [3.63, 3.8) is 0 Å². The molecule has 0 unspecified atom stereocenters. The molecule has 4 rings (SSSR count). The fraction of sp³-hybridized carbons (Fsp3) is 0.0870. The maximum atomic E-state index is 14.5. The Hall–Kier alpha value is -3.85. The molecule has 0 saturated carbocycles. The molecule has 0 aliphatic rings. The Morgan fingerprint density at radius 1 is 1.03 bits per heavy atom. The van der Waals surface area contributed by atoms with Gasteiger partial charge in [0.2, 0.25) is 0 Å². The number of nitrogens with one attached hydrogen (secondary N) is 1. The van der Waals surface area contributed by atoms with E-state index >= 15 is 0 Å². The lowest BCUT2D eigenvalue weighted by Gasteiger charge is -2.14. The van der Waals surface area contributed by atoms with Crippen molar-refractivity contribution in [2.45, 2.75) is 18.7 Å². The second-order valence-corrected chi connectivity index (χ2v) is 8.85. The highest BCUT2D eigenvalue weighted by molar-refractivity contribution is 7.92. The van der Waals surface area contributed by atoms with Crippen molar-refractivity contribution in [3.05, 3.63) is 94.3 Å². The van der Waals surface area contributed by atoms with Crippen LogP contribution in [0.25, 0.3) is 16.6 Å². The Morgan fingerprint density at radius 2 is 1.72 bits per heavy atom. The van der Waals surface area contributed by atoms with Gasteiger partial charge in [0.05, 0.1) is 27.2 Å². The zero-order valence-corrected chi connectivity index (χ0v) is 18.0. The third kappa shape index (κ3) is 3.90. The third-order valence-corrected chi connectivity index (χ3v) is 6.35. The van der Waals surface area contributed by atoms with E-state index in [9.17, 15) is 22.4 Å². The molecule has 0 saturated heterocycles. The summed E-state index contributed by atoms with van der Waals surface area (Å²) in [7, 11) is -4.14. The van der Waals surface area contributed by atoms with E-state index in [1.165, 1.54) is 47.9 Å². The van der Waals surface area contributed by atoms with Crippen molar-refractivity contribution in [2.24, 2.45) is 0 Å². The van der Waals surface area contributed by atoms with Crippen LogP contribution in [0.2, 0.25) is 0 Å². The molecule has 0 radical (unpaired) electrons. The molecule has 9 heteroatoms. The molecule has 0 fully saturated rings. The van der Waals surface area contributed by atoms with E-state index in [4.69, 9.17) is 0 Å². The molecule has 32 heavy (non-hydrogen) atoms. The number of aryl methyl sites for hydroxylation is 1. The number of benzene rings is 3. The average Bonchev–Trinajstić information content (AvgIpc) is 2.76. The van der Waals surface area contributed by atoms with Crippen molar-refractivity contribution < 1.29 is 17.6 Å². The van der Waals surface area contributed by atoms with Crippen molar-refractivity contribution in [1.82, 2.24) is 9.55 Å². The lowest BCUT2D eigenvalue weighted by molar-refractivity contribution is 0.101. The van der Waals surface area contributed by atoms with Gasteiger partial charge in [-0.15, -0.1) is 0 Å². The number of anilines is 1. The second kappa shape index (κ2) is 8.01. The Morgan fingerprint density at radius 3 is 2.41 bits per heavy atom. The highest BCUT2D eigenvalue weighted by Gasteiger charge is 2.18. The summed E-state index contributed by atoms with van der Waals surface area (Å²) in [6, 6.07) is 15.8. The first-order valence-corrected chi connectivity index (χ1v) is 11.1. The molecule has 1 heterocycles. The number of para-hydroxylation sites is 1. The summed E-state index contributed by atoms with van der Waals surface area (Å²) in [5.74, 6) is -0.642. The van der Waals surface area contributed by atoms with Gasteiger partial charge in [-0.1, -0.05) is 24.3 Å². The standard InChI is InChI=1S/C23H18FN3O4S/c1-14(28)16-7-10-18(11-8-16)32(30,31)26-22-13-17(9-12-20(22)24)27-15(2)25-21-6-4-3-5-19(21)23(27)29/h3-13,26H,1-2H3. The van der Waals surface area contributed by atoms with E-state index in [0.717, 1.165) is 6.07 Å². The minimum atomic E-state index is -4.14. The molecule has 162 valence electrons. The average molecular weight is 451 g/mol. The van der Waals surface area contributed by atoms with Crippen molar-refractivity contribution in [1.29, 1.82) is 0 Å². The summed E-state index contributed by atoms with van der Waals surface area (Å²) in [5.41, 5.74) is 0.474. The van der Waals surface area contributed by atoms with Crippen LogP contribution in [0, 0.1) is 12.7 Å². The molecule has 0 spiro atoms. The van der Waals surface area contributed by atoms with Gasteiger partial charge in [-0.3, -0.25) is 18.9 Å². The highest BCUT2D eigenvalue weighted by Crippen LogP contribution is 2.23. The second-order valence-electron chi connectivity index (χ2n) is 7.17. The molecule has 0 atom stereocenters. The van der Waals surface area contributed by atoms with Gasteiger partial charge in [-0.25, -0.2) is 17.8 Å². The fourth-order valence-corrected chi connectivity index (χ4v) is 4.41. The van der Waals surface area contributed by atoms with Crippen LogP contribution in [0.4, 0.5) is 10.1 Å². The van der Waals surface area contributed by atoms with Gasteiger partial charge < -0.3 is 0 Å². The number of aromatic nitrogens is 2. The van der Waals surface area contributed by atoms with Crippen LogP contribution < -0.4 is 10.3 Å². The number of hydrogen-bond donors (Lipinski definition) is 1. The monoisotopic (exact) mass is 451 g/mol. The Balaban J connectivity index is 1.76. The number of carbonyl (C=O) groups excluding carboxylic acids is 1. The van der Waals surface area contributed by atoms with Gasteiger partial charge in [-0.05, 0) is 56.3 Å². The topological polar surface area (TPSA) is 98.1 Å². The van der Waals surface area contributed by atoms with Crippen molar-refractivity contribution in [3.8, 4) is 5.69 Å². The minimum Gasteiger partial charge on any atom is -0.295 e. The molecule has 0 aliphatic heterocycles. The molecule has 0 aliphatic carbocycles. The molecule has 7 nitrogen and oxygen atoms in total. The van der Waals surface area contributed by atoms with Crippen LogP contribution in [0.3, 0.4) is 0 Å². The summed E-state index contributed by atoms with van der Waals surface area (Å²) in [6.07, 6.45) is 0. The van der Waals surface area contributed by atoms with Gasteiger partial charge in [0.15, 0.2) is 5.78 Å². The first-order valence-electron chi connectivity index (χ1n) is 9.59. The summed E-state index contributed by atoms with van der Waals surface area (Å²) in [4.78, 5) is 28.7. The molecule has 0 amide bonds. The normalized spacial score (nSPS) is 11.5. The Labute approximate surface area is 183 Å². The van der Waals surface area contributed by atoms with Crippen molar-refractivity contribution in [2.75, 3.05) is 4.72 Å². The maximum Gasteiger partial charge on any atom is 0.265 e. The molecule has 3 aromatic carbocycles. The number of Topliss-reactive ketones (excluding diaryl/α,β-unsaturated/α-hetero) is 1. The SMILES string of the molecule is CC(=O)c1ccc(S(=O)(=O)Nc2cc(-n3c(C)nc4ccccc4c3=O)ccc2F)cc1. The van der Waals surface area contributed by atoms with E-state index in [1.54, 1.807) is 31.2 Å². The largest absolute Gasteiger partial charge is 0.295 e. The van der Waals surface area contributed by atoms with E-state index < -0.39 is 15.8 Å². The predicted octanol–water partition coefficient (Wildman–Crippen LogP) is 3.84. The zero-order valence-electron chi connectivity index (χ0n) is 17.2. The first kappa shape index (κ1) is 21.4. The lowest BCUT2D eigenvalue weighted by atomic mass is 10.2. The van der Waals surface area contributed by atoms with Gasteiger partial charge in [0.25, 0.3) is 15.6 Å². The number of carbonyl (C=O) groups is 1. The number of fused-ring (bicyclic) bond motifs is 1. The zero-order chi connectivity index (χ0) is 23.0. The maximum absolute atomic E-state index is 14.5. The quantitative estimate of drug-likeness (QED) is 0.465.